The predicted octanol–water partition coefficient (Wildman–Crippen LogP) is 3.23. The van der Waals surface area contributed by atoms with Crippen LogP contribution in [0.25, 0.3) is 0 Å². The van der Waals surface area contributed by atoms with Crippen LogP contribution in [-0.2, 0) is 16.4 Å². The quantitative estimate of drug-likeness (QED) is 0.832. The smallest absolute Gasteiger partial charge is 0.207 e. The van der Waals surface area contributed by atoms with Crippen LogP contribution in [0, 0.1) is 6.92 Å². The molecule has 114 valence electrons. The van der Waals surface area contributed by atoms with Crippen LogP contribution in [0.3, 0.4) is 0 Å². The van der Waals surface area contributed by atoms with Crippen LogP contribution >= 0.6 is 0 Å². The van der Waals surface area contributed by atoms with Crippen molar-refractivity contribution in [1.29, 1.82) is 0 Å². The third-order valence-corrected chi connectivity index (χ3v) is 4.73. The van der Waals surface area contributed by atoms with E-state index in [1.807, 2.05) is 37.3 Å². The molecule has 3 nitrogen and oxygen atoms in total. The minimum Gasteiger partial charge on any atom is -0.207 e. The van der Waals surface area contributed by atoms with Crippen LogP contribution < -0.4 is 4.72 Å². The van der Waals surface area contributed by atoms with Gasteiger partial charge in [-0.15, -0.1) is 5.73 Å². The summed E-state index contributed by atoms with van der Waals surface area (Å²) in [6, 6.07) is 16.6. The highest BCUT2D eigenvalue weighted by molar-refractivity contribution is 7.89. The van der Waals surface area contributed by atoms with E-state index < -0.39 is 10.0 Å². The van der Waals surface area contributed by atoms with Gasteiger partial charge in [-0.3, -0.25) is 0 Å². The van der Waals surface area contributed by atoms with E-state index in [1.165, 1.54) is 0 Å². The van der Waals surface area contributed by atoms with Gasteiger partial charge in [-0.2, -0.15) is 0 Å². The normalized spacial score (nSPS) is 11.0. The topological polar surface area (TPSA) is 46.2 Å². The molecule has 0 spiro atoms. The first-order valence-corrected chi connectivity index (χ1v) is 8.47. The minimum absolute atomic E-state index is 0.203. The maximum atomic E-state index is 12.2. The van der Waals surface area contributed by atoms with Gasteiger partial charge in [0.05, 0.1) is 4.90 Å². The number of sulfonamides is 1. The average molecular weight is 313 g/mol. The molecule has 0 heterocycles. The number of nitrogens with one attached hydrogen (secondary N) is 1. The lowest BCUT2D eigenvalue weighted by Crippen LogP contribution is -2.26. The van der Waals surface area contributed by atoms with Gasteiger partial charge in [-0.1, -0.05) is 54.6 Å². The van der Waals surface area contributed by atoms with Gasteiger partial charge < -0.3 is 0 Å². The molecule has 0 radical (unpaired) electrons. The van der Waals surface area contributed by atoms with Crippen molar-refractivity contribution in [3.05, 3.63) is 83.6 Å². The zero-order valence-electron chi connectivity index (χ0n) is 12.5. The Morgan fingerprint density at radius 3 is 2.32 bits per heavy atom. The Labute approximate surface area is 132 Å². The Morgan fingerprint density at radius 1 is 1.09 bits per heavy atom. The van der Waals surface area contributed by atoms with Crippen LogP contribution in [0.2, 0.25) is 0 Å². The molecule has 0 atom stereocenters. The summed E-state index contributed by atoms with van der Waals surface area (Å²) >= 11 is 0. The molecule has 22 heavy (non-hydrogen) atoms. The van der Waals surface area contributed by atoms with E-state index in [2.05, 4.69) is 17.0 Å². The van der Waals surface area contributed by atoms with Crippen molar-refractivity contribution in [1.82, 2.24) is 4.72 Å². The fourth-order valence-electron chi connectivity index (χ4n) is 2.01. The zero-order valence-corrected chi connectivity index (χ0v) is 13.4. The van der Waals surface area contributed by atoms with E-state index in [9.17, 15) is 8.42 Å². The summed E-state index contributed by atoms with van der Waals surface area (Å²) in [7, 11) is -3.51. The van der Waals surface area contributed by atoms with E-state index in [-0.39, 0.29) is 11.4 Å². The molecule has 0 bridgehead atoms. The SMILES string of the molecule is C=C=C(CNS(=O)(=O)c1ccc(C)cc1)Cc1ccccc1. The first-order valence-electron chi connectivity index (χ1n) is 6.99. The summed E-state index contributed by atoms with van der Waals surface area (Å²) < 4.78 is 27.1. The van der Waals surface area contributed by atoms with E-state index in [0.717, 1.165) is 16.7 Å². The summed E-state index contributed by atoms with van der Waals surface area (Å²) in [4.78, 5) is 0.265. The zero-order chi connectivity index (χ0) is 16.0. The summed E-state index contributed by atoms with van der Waals surface area (Å²) in [6.45, 7) is 5.77. The van der Waals surface area contributed by atoms with Crippen molar-refractivity contribution in [3.63, 3.8) is 0 Å². The molecule has 0 aromatic heterocycles. The Morgan fingerprint density at radius 2 is 1.73 bits per heavy atom. The molecule has 0 aliphatic carbocycles. The Kier molecular flexibility index (Phi) is 5.34. The predicted molar refractivity (Wildman–Crippen MR) is 89.2 cm³/mol. The van der Waals surface area contributed by atoms with Crippen molar-refractivity contribution >= 4 is 10.0 Å². The van der Waals surface area contributed by atoms with E-state index in [0.29, 0.717) is 6.42 Å². The van der Waals surface area contributed by atoms with Crippen LogP contribution in [0.15, 0.2) is 77.4 Å². The maximum Gasteiger partial charge on any atom is 0.240 e. The largest absolute Gasteiger partial charge is 0.240 e. The molecule has 0 amide bonds. The lowest BCUT2D eigenvalue weighted by Gasteiger charge is -2.09. The molecule has 2 aromatic rings. The van der Waals surface area contributed by atoms with Gasteiger partial charge in [0, 0.05) is 13.0 Å². The van der Waals surface area contributed by atoms with Gasteiger partial charge in [-0.25, -0.2) is 13.1 Å². The lowest BCUT2D eigenvalue weighted by atomic mass is 10.1. The van der Waals surface area contributed by atoms with Crippen LogP contribution in [-0.4, -0.2) is 15.0 Å². The van der Waals surface area contributed by atoms with Crippen molar-refractivity contribution in [2.75, 3.05) is 6.54 Å². The average Bonchev–Trinajstić information content (AvgIpc) is 2.53. The van der Waals surface area contributed by atoms with Crippen LogP contribution in [0.1, 0.15) is 11.1 Å². The highest BCUT2D eigenvalue weighted by Crippen LogP contribution is 2.11. The molecule has 4 heteroatoms. The third kappa shape index (κ3) is 4.43. The molecule has 0 unspecified atom stereocenters. The molecule has 1 N–H and O–H groups in total. The number of aryl methyl sites for hydroxylation is 1. The molecule has 0 saturated heterocycles. The number of hydrogen-bond donors (Lipinski definition) is 1. The molecule has 0 saturated carbocycles. The molecular weight excluding hydrogens is 294 g/mol. The van der Waals surface area contributed by atoms with E-state index in [4.69, 9.17) is 0 Å². The monoisotopic (exact) mass is 313 g/mol. The standard InChI is InChI=1S/C18H19NO2S/c1-3-16(13-17-7-5-4-6-8-17)14-19-22(20,21)18-11-9-15(2)10-12-18/h4-12,19H,1,13-14H2,2H3. The van der Waals surface area contributed by atoms with E-state index >= 15 is 0 Å². The van der Waals surface area contributed by atoms with Gasteiger partial charge in [-0.05, 0) is 30.2 Å². The maximum absolute atomic E-state index is 12.2. The molecule has 0 aliphatic rings. The highest BCUT2D eigenvalue weighted by Gasteiger charge is 2.13. The minimum atomic E-state index is -3.51. The molecule has 0 fully saturated rings. The summed E-state index contributed by atoms with van der Waals surface area (Å²) in [5.74, 6) is 0. The fourth-order valence-corrected chi connectivity index (χ4v) is 3.04. The van der Waals surface area contributed by atoms with Gasteiger partial charge in [0.25, 0.3) is 0 Å². The Bertz CT molecular complexity index is 772. The fraction of sp³-hybridized carbons (Fsp3) is 0.167. The third-order valence-electron chi connectivity index (χ3n) is 3.32. The number of benzene rings is 2. The second kappa shape index (κ2) is 7.23. The number of hydrogen-bond acceptors (Lipinski definition) is 2. The van der Waals surface area contributed by atoms with Crippen molar-refractivity contribution in [2.24, 2.45) is 0 Å². The highest BCUT2D eigenvalue weighted by atomic mass is 32.2. The van der Waals surface area contributed by atoms with Crippen molar-refractivity contribution in [3.8, 4) is 0 Å². The summed E-state index contributed by atoms with van der Waals surface area (Å²) in [6.07, 6.45) is 0.626. The molecular formula is C18H19NO2S. The van der Waals surface area contributed by atoms with Crippen molar-refractivity contribution in [2.45, 2.75) is 18.2 Å². The molecule has 2 aromatic carbocycles. The molecule has 2 rings (SSSR count). The van der Waals surface area contributed by atoms with Crippen LogP contribution in [0.5, 0.6) is 0 Å². The van der Waals surface area contributed by atoms with Gasteiger partial charge in [0.15, 0.2) is 0 Å². The lowest BCUT2D eigenvalue weighted by molar-refractivity contribution is 0.584. The van der Waals surface area contributed by atoms with Gasteiger partial charge in [0.1, 0.15) is 0 Å². The first-order chi connectivity index (χ1) is 10.5. The Hall–Kier alpha value is -2.13. The molecule has 0 aliphatic heterocycles. The second-order valence-electron chi connectivity index (χ2n) is 5.08. The van der Waals surface area contributed by atoms with Crippen LogP contribution in [0.4, 0.5) is 0 Å². The summed E-state index contributed by atoms with van der Waals surface area (Å²) in [5, 5.41) is 0. The summed E-state index contributed by atoms with van der Waals surface area (Å²) in [5.41, 5.74) is 5.75. The number of rotatable bonds is 6. The second-order valence-corrected chi connectivity index (χ2v) is 6.85. The van der Waals surface area contributed by atoms with E-state index in [1.54, 1.807) is 24.3 Å². The van der Waals surface area contributed by atoms with Gasteiger partial charge >= 0.3 is 0 Å². The first kappa shape index (κ1) is 16.2. The Balaban J connectivity index is 2.04. The van der Waals surface area contributed by atoms with Gasteiger partial charge in [0.2, 0.25) is 10.0 Å². The van der Waals surface area contributed by atoms with Crippen molar-refractivity contribution < 1.29 is 8.42 Å².